The van der Waals surface area contributed by atoms with Gasteiger partial charge in [-0.15, -0.1) is 0 Å². The summed E-state index contributed by atoms with van der Waals surface area (Å²) in [6, 6.07) is 5.40. The molecule has 1 amide bonds. The van der Waals surface area contributed by atoms with Crippen molar-refractivity contribution in [2.24, 2.45) is 5.73 Å². The number of halogens is 1. The van der Waals surface area contributed by atoms with E-state index in [-0.39, 0.29) is 10.9 Å². The molecule has 0 unspecified atom stereocenters. The van der Waals surface area contributed by atoms with Crippen molar-refractivity contribution >= 4 is 40.4 Å². The van der Waals surface area contributed by atoms with E-state index in [4.69, 9.17) is 29.6 Å². The molecule has 0 saturated carbocycles. The smallest absolute Gasteiger partial charge is 0.242 e. The lowest BCUT2D eigenvalue weighted by Gasteiger charge is -2.24. The van der Waals surface area contributed by atoms with Crippen molar-refractivity contribution in [2.45, 2.75) is 13.8 Å². The van der Waals surface area contributed by atoms with Crippen LogP contribution in [0, 0.1) is 0 Å². The summed E-state index contributed by atoms with van der Waals surface area (Å²) in [5.74, 6) is 0.0899. The predicted molar refractivity (Wildman–Crippen MR) is 88.5 cm³/mol. The van der Waals surface area contributed by atoms with Crippen molar-refractivity contribution in [3.8, 4) is 0 Å². The number of rotatable bonds is 6. The van der Waals surface area contributed by atoms with Gasteiger partial charge in [-0.2, -0.15) is 0 Å². The molecule has 110 valence electrons. The first-order valence-corrected chi connectivity index (χ1v) is 7.27. The number of anilines is 1. The van der Waals surface area contributed by atoms with E-state index in [0.717, 1.165) is 5.69 Å². The maximum absolute atomic E-state index is 12.1. The van der Waals surface area contributed by atoms with E-state index in [0.29, 0.717) is 30.2 Å². The predicted octanol–water partition coefficient (Wildman–Crippen LogP) is 2.28. The van der Waals surface area contributed by atoms with E-state index in [1.807, 2.05) is 31.9 Å². The number of nitrogens with zero attached hydrogens (tertiary/aromatic N) is 2. The highest BCUT2D eigenvalue weighted by atomic mass is 35.5. The van der Waals surface area contributed by atoms with E-state index in [9.17, 15) is 4.79 Å². The largest absolute Gasteiger partial charge is 0.389 e. The molecule has 0 aliphatic rings. The Hall–Kier alpha value is -1.33. The Balaban J connectivity index is 2.83. The van der Waals surface area contributed by atoms with Crippen molar-refractivity contribution in [1.29, 1.82) is 0 Å². The Bertz CT molecular complexity index is 503. The summed E-state index contributed by atoms with van der Waals surface area (Å²) >= 11 is 11.0. The van der Waals surface area contributed by atoms with Gasteiger partial charge >= 0.3 is 0 Å². The molecular formula is C14H20ClN3OS. The SMILES string of the molecule is CCN(CC)C(=O)CN(C)c1ccc(C(N)=S)c(Cl)c1. The van der Waals surface area contributed by atoms with Crippen molar-refractivity contribution < 1.29 is 4.79 Å². The summed E-state index contributed by atoms with van der Waals surface area (Å²) in [5, 5.41) is 0.497. The summed E-state index contributed by atoms with van der Waals surface area (Å²) in [7, 11) is 1.85. The first-order valence-electron chi connectivity index (χ1n) is 6.48. The van der Waals surface area contributed by atoms with Gasteiger partial charge in [0.15, 0.2) is 0 Å². The Morgan fingerprint density at radius 2 is 1.95 bits per heavy atom. The molecule has 1 aromatic carbocycles. The minimum atomic E-state index is 0.0899. The van der Waals surface area contributed by atoms with Crippen LogP contribution in [0.2, 0.25) is 5.02 Å². The second-order valence-electron chi connectivity index (χ2n) is 4.45. The number of benzene rings is 1. The molecule has 0 aliphatic heterocycles. The van der Waals surface area contributed by atoms with Gasteiger partial charge in [0.05, 0.1) is 11.6 Å². The monoisotopic (exact) mass is 313 g/mol. The first kappa shape index (κ1) is 16.7. The molecule has 20 heavy (non-hydrogen) atoms. The molecule has 1 aromatic rings. The lowest BCUT2D eigenvalue weighted by Crippen LogP contribution is -2.38. The molecule has 0 radical (unpaired) electrons. The maximum atomic E-state index is 12.1. The molecule has 0 bridgehead atoms. The first-order chi connectivity index (χ1) is 9.40. The highest BCUT2D eigenvalue weighted by Gasteiger charge is 2.14. The van der Waals surface area contributed by atoms with Gasteiger partial charge in [0.25, 0.3) is 0 Å². The molecule has 0 fully saturated rings. The molecule has 4 nitrogen and oxygen atoms in total. The molecule has 0 aromatic heterocycles. The zero-order valence-corrected chi connectivity index (χ0v) is 13.6. The van der Waals surface area contributed by atoms with Crippen LogP contribution < -0.4 is 10.6 Å². The maximum Gasteiger partial charge on any atom is 0.242 e. The Labute approximate surface area is 130 Å². The number of thiocarbonyl (C=S) groups is 1. The Morgan fingerprint density at radius 1 is 1.35 bits per heavy atom. The highest BCUT2D eigenvalue weighted by molar-refractivity contribution is 7.80. The molecule has 6 heteroatoms. The second-order valence-corrected chi connectivity index (χ2v) is 5.30. The van der Waals surface area contributed by atoms with Crippen LogP contribution in [0.25, 0.3) is 0 Å². The van der Waals surface area contributed by atoms with Crippen molar-refractivity contribution in [1.82, 2.24) is 4.90 Å². The van der Waals surface area contributed by atoms with Gasteiger partial charge in [-0.25, -0.2) is 0 Å². The van der Waals surface area contributed by atoms with Crippen LogP contribution in [0.3, 0.4) is 0 Å². The molecule has 0 spiro atoms. The minimum absolute atomic E-state index is 0.0899. The van der Waals surface area contributed by atoms with Crippen LogP contribution >= 0.6 is 23.8 Å². The zero-order valence-electron chi connectivity index (χ0n) is 12.0. The summed E-state index contributed by atoms with van der Waals surface area (Å²) < 4.78 is 0. The Morgan fingerprint density at radius 3 is 2.40 bits per heavy atom. The van der Waals surface area contributed by atoms with Crippen LogP contribution in [0.4, 0.5) is 5.69 Å². The number of nitrogens with two attached hydrogens (primary N) is 1. The van der Waals surface area contributed by atoms with Crippen LogP contribution in [-0.4, -0.2) is 42.5 Å². The zero-order chi connectivity index (χ0) is 15.3. The third-order valence-electron chi connectivity index (χ3n) is 3.15. The van der Waals surface area contributed by atoms with Gasteiger partial charge in [0.2, 0.25) is 5.91 Å². The average molecular weight is 314 g/mol. The van der Waals surface area contributed by atoms with Crippen LogP contribution in [0.15, 0.2) is 18.2 Å². The summed E-state index contributed by atoms with van der Waals surface area (Å²) in [5.41, 5.74) is 7.07. The van der Waals surface area contributed by atoms with Gasteiger partial charge in [0.1, 0.15) is 4.99 Å². The topological polar surface area (TPSA) is 49.6 Å². The summed E-state index contributed by atoms with van der Waals surface area (Å²) in [6.07, 6.45) is 0. The second kappa shape index (κ2) is 7.45. The standard InChI is InChI=1S/C14H20ClN3OS/c1-4-18(5-2)13(19)9-17(3)10-6-7-11(14(16)20)12(15)8-10/h6-8H,4-5,9H2,1-3H3,(H2,16,20). The number of likely N-dealkylation sites (N-methyl/N-ethyl adjacent to an activating group) is 2. The van der Waals surface area contributed by atoms with E-state index in [2.05, 4.69) is 0 Å². The van der Waals surface area contributed by atoms with Gasteiger partial charge < -0.3 is 15.5 Å². The Kier molecular flexibility index (Phi) is 6.23. The molecule has 0 saturated heterocycles. The third-order valence-corrected chi connectivity index (χ3v) is 3.68. The number of carbonyl (C=O) groups is 1. The van der Waals surface area contributed by atoms with Gasteiger partial charge in [0, 0.05) is 31.4 Å². The number of amides is 1. The average Bonchev–Trinajstić information content (AvgIpc) is 2.39. The highest BCUT2D eigenvalue weighted by Crippen LogP contribution is 2.23. The molecule has 2 N–H and O–H groups in total. The van der Waals surface area contributed by atoms with Gasteiger partial charge in [-0.1, -0.05) is 23.8 Å². The fraction of sp³-hybridized carbons (Fsp3) is 0.429. The van der Waals surface area contributed by atoms with Crippen molar-refractivity contribution in [3.63, 3.8) is 0 Å². The normalized spacial score (nSPS) is 10.2. The minimum Gasteiger partial charge on any atom is -0.389 e. The lowest BCUT2D eigenvalue weighted by molar-refractivity contribution is -0.129. The fourth-order valence-electron chi connectivity index (χ4n) is 1.91. The molecule has 0 atom stereocenters. The van der Waals surface area contributed by atoms with Crippen LogP contribution in [0.5, 0.6) is 0 Å². The van der Waals surface area contributed by atoms with E-state index in [1.54, 1.807) is 17.0 Å². The third kappa shape index (κ3) is 4.08. The van der Waals surface area contributed by atoms with Crippen molar-refractivity contribution in [2.75, 3.05) is 31.6 Å². The number of carbonyl (C=O) groups excluding carboxylic acids is 1. The molecule has 0 aliphatic carbocycles. The fourth-order valence-corrected chi connectivity index (χ4v) is 2.42. The van der Waals surface area contributed by atoms with E-state index >= 15 is 0 Å². The molecule has 1 rings (SSSR count). The lowest BCUT2D eigenvalue weighted by atomic mass is 10.2. The quantitative estimate of drug-likeness (QED) is 0.819. The summed E-state index contributed by atoms with van der Waals surface area (Å²) in [4.78, 5) is 16.0. The molecular weight excluding hydrogens is 294 g/mol. The van der Waals surface area contributed by atoms with Crippen LogP contribution in [-0.2, 0) is 4.79 Å². The number of hydrogen-bond acceptors (Lipinski definition) is 3. The molecule has 0 heterocycles. The van der Waals surface area contributed by atoms with Crippen LogP contribution in [0.1, 0.15) is 19.4 Å². The number of hydrogen-bond donors (Lipinski definition) is 1. The van der Waals surface area contributed by atoms with Gasteiger partial charge in [-0.05, 0) is 32.0 Å². The summed E-state index contributed by atoms with van der Waals surface area (Å²) in [6.45, 7) is 5.67. The van der Waals surface area contributed by atoms with Crippen molar-refractivity contribution in [3.05, 3.63) is 28.8 Å². The van der Waals surface area contributed by atoms with E-state index in [1.165, 1.54) is 0 Å². The van der Waals surface area contributed by atoms with E-state index < -0.39 is 0 Å². The van der Waals surface area contributed by atoms with Gasteiger partial charge in [-0.3, -0.25) is 4.79 Å².